The zero-order chi connectivity index (χ0) is 26.1. The molecule has 0 aromatic heterocycles. The fraction of sp³-hybridized carbons (Fsp3) is 0.160. The zero-order valence-electron chi connectivity index (χ0n) is 19.3. The average Bonchev–Trinajstić information content (AvgIpc) is 2.86. The largest absolute Gasteiger partial charge is 0.494 e. The summed E-state index contributed by atoms with van der Waals surface area (Å²) in [5.41, 5.74) is 3.05. The maximum atomic E-state index is 12.6. The maximum absolute atomic E-state index is 12.6. The first kappa shape index (κ1) is 26.4. The van der Waals surface area contributed by atoms with Crippen LogP contribution in [-0.2, 0) is 4.79 Å². The molecule has 0 fully saturated rings. The minimum Gasteiger partial charge on any atom is -0.494 e. The highest BCUT2D eigenvalue weighted by Crippen LogP contribution is 2.23. The van der Waals surface area contributed by atoms with Crippen LogP contribution in [-0.4, -0.2) is 35.7 Å². The van der Waals surface area contributed by atoms with Crippen LogP contribution in [0.5, 0.6) is 17.2 Å². The Morgan fingerprint density at radius 3 is 2.39 bits per heavy atom. The molecule has 0 aliphatic carbocycles. The number of carbonyl (C=O) groups excluding carboxylic acids is 2. The third kappa shape index (κ3) is 7.37. The van der Waals surface area contributed by atoms with Crippen molar-refractivity contribution in [2.24, 2.45) is 5.10 Å². The number of esters is 1. The van der Waals surface area contributed by atoms with Crippen LogP contribution in [0.4, 0.5) is 5.69 Å². The van der Waals surface area contributed by atoms with E-state index in [9.17, 15) is 19.7 Å². The van der Waals surface area contributed by atoms with Gasteiger partial charge in [0.15, 0.2) is 6.10 Å². The van der Waals surface area contributed by atoms with E-state index in [1.165, 1.54) is 37.4 Å². The fourth-order valence-corrected chi connectivity index (χ4v) is 3.27. The number of hydrogen-bond donors (Lipinski definition) is 1. The van der Waals surface area contributed by atoms with Crippen LogP contribution in [0.15, 0.2) is 76.3 Å². The lowest BCUT2D eigenvalue weighted by Crippen LogP contribution is -2.33. The Kier molecular flexibility index (Phi) is 9.12. The molecule has 0 heterocycles. The maximum Gasteiger partial charge on any atom is 0.343 e. The number of nitro groups is 1. The molecular formula is C25H22BrN3O7. The van der Waals surface area contributed by atoms with Gasteiger partial charge >= 0.3 is 5.97 Å². The van der Waals surface area contributed by atoms with Crippen LogP contribution in [0.2, 0.25) is 0 Å². The monoisotopic (exact) mass is 555 g/mol. The van der Waals surface area contributed by atoms with Crippen molar-refractivity contribution in [3.63, 3.8) is 0 Å². The SMILES string of the molecule is CCOc1ccc(C(=O)Oc2ccc(Br)cc2C=NNC(=O)C(C)Oc2ccc([N+](=O)[O-])cc2)cc1. The van der Waals surface area contributed by atoms with Crippen LogP contribution < -0.4 is 19.6 Å². The van der Waals surface area contributed by atoms with Crippen molar-refractivity contribution in [1.82, 2.24) is 5.43 Å². The molecule has 3 aromatic carbocycles. The van der Waals surface area contributed by atoms with E-state index in [1.54, 1.807) is 42.5 Å². The number of amides is 1. The summed E-state index contributed by atoms with van der Waals surface area (Å²) in [5, 5.41) is 14.7. The number of nitrogens with one attached hydrogen (secondary N) is 1. The van der Waals surface area contributed by atoms with Gasteiger partial charge in [-0.05, 0) is 68.4 Å². The molecule has 0 saturated heterocycles. The second-order valence-corrected chi connectivity index (χ2v) is 8.19. The molecule has 1 atom stereocenters. The van der Waals surface area contributed by atoms with E-state index in [4.69, 9.17) is 14.2 Å². The van der Waals surface area contributed by atoms with E-state index in [0.29, 0.717) is 33.7 Å². The summed E-state index contributed by atoms with van der Waals surface area (Å²) in [6.07, 6.45) is 0.408. The Morgan fingerprint density at radius 1 is 1.08 bits per heavy atom. The molecule has 0 aliphatic rings. The van der Waals surface area contributed by atoms with Gasteiger partial charge < -0.3 is 14.2 Å². The summed E-state index contributed by atoms with van der Waals surface area (Å²) in [7, 11) is 0. The zero-order valence-corrected chi connectivity index (χ0v) is 20.9. The van der Waals surface area contributed by atoms with Gasteiger partial charge in [0.05, 0.1) is 23.3 Å². The van der Waals surface area contributed by atoms with E-state index in [0.717, 1.165) is 0 Å². The quantitative estimate of drug-likeness (QED) is 0.124. The van der Waals surface area contributed by atoms with Gasteiger partial charge in [0.2, 0.25) is 0 Å². The highest BCUT2D eigenvalue weighted by atomic mass is 79.9. The smallest absolute Gasteiger partial charge is 0.343 e. The Labute approximate surface area is 215 Å². The van der Waals surface area contributed by atoms with E-state index < -0.39 is 22.9 Å². The van der Waals surface area contributed by atoms with Gasteiger partial charge in [0, 0.05) is 22.2 Å². The van der Waals surface area contributed by atoms with Crippen molar-refractivity contribution in [2.45, 2.75) is 20.0 Å². The summed E-state index contributed by atoms with van der Waals surface area (Å²) >= 11 is 3.36. The van der Waals surface area contributed by atoms with Gasteiger partial charge in [-0.2, -0.15) is 5.10 Å². The lowest BCUT2D eigenvalue weighted by molar-refractivity contribution is -0.384. The van der Waals surface area contributed by atoms with Gasteiger partial charge in [-0.25, -0.2) is 10.2 Å². The normalized spacial score (nSPS) is 11.5. The Morgan fingerprint density at radius 2 is 1.75 bits per heavy atom. The first-order valence-corrected chi connectivity index (χ1v) is 11.5. The molecule has 186 valence electrons. The minimum absolute atomic E-state index is 0.0860. The number of non-ortho nitro benzene ring substituents is 1. The first-order valence-electron chi connectivity index (χ1n) is 10.8. The molecule has 1 unspecified atom stereocenters. The van der Waals surface area contributed by atoms with Crippen molar-refractivity contribution in [3.05, 3.63) is 92.4 Å². The third-order valence-electron chi connectivity index (χ3n) is 4.68. The second kappa shape index (κ2) is 12.5. The molecule has 0 saturated carbocycles. The van der Waals surface area contributed by atoms with E-state index in [2.05, 4.69) is 26.5 Å². The number of nitro benzene ring substituents is 1. The number of rotatable bonds is 10. The number of carbonyl (C=O) groups is 2. The van der Waals surface area contributed by atoms with Crippen molar-refractivity contribution in [2.75, 3.05) is 6.61 Å². The van der Waals surface area contributed by atoms with Gasteiger partial charge in [-0.1, -0.05) is 15.9 Å². The van der Waals surface area contributed by atoms with Crippen LogP contribution in [0.25, 0.3) is 0 Å². The number of benzene rings is 3. The molecule has 3 aromatic rings. The summed E-state index contributed by atoms with van der Waals surface area (Å²) < 4.78 is 17.1. The topological polar surface area (TPSA) is 129 Å². The highest BCUT2D eigenvalue weighted by molar-refractivity contribution is 9.10. The first-order chi connectivity index (χ1) is 17.3. The van der Waals surface area contributed by atoms with E-state index >= 15 is 0 Å². The average molecular weight is 556 g/mol. The lowest BCUT2D eigenvalue weighted by Gasteiger charge is -2.12. The van der Waals surface area contributed by atoms with Gasteiger partial charge in [-0.15, -0.1) is 0 Å². The summed E-state index contributed by atoms with van der Waals surface area (Å²) in [6, 6.07) is 16.9. The number of hydrazone groups is 1. The van der Waals surface area contributed by atoms with Gasteiger partial charge in [0.1, 0.15) is 17.2 Å². The standard InChI is InChI=1S/C25H22BrN3O7/c1-3-34-21-9-4-17(5-10-21)25(31)36-23-13-6-19(26)14-18(23)15-27-28-24(30)16(2)35-22-11-7-20(8-12-22)29(32)33/h4-16H,3H2,1-2H3,(H,28,30). The molecule has 0 radical (unpaired) electrons. The molecule has 3 rings (SSSR count). The summed E-state index contributed by atoms with van der Waals surface area (Å²) in [6.45, 7) is 3.90. The van der Waals surface area contributed by atoms with Crippen molar-refractivity contribution in [3.8, 4) is 17.2 Å². The molecule has 36 heavy (non-hydrogen) atoms. The van der Waals surface area contributed by atoms with Crippen molar-refractivity contribution in [1.29, 1.82) is 0 Å². The van der Waals surface area contributed by atoms with Gasteiger partial charge in [0.25, 0.3) is 11.6 Å². The molecular weight excluding hydrogens is 534 g/mol. The van der Waals surface area contributed by atoms with Crippen molar-refractivity contribution < 1.29 is 28.7 Å². The molecule has 0 bridgehead atoms. The molecule has 1 N–H and O–H groups in total. The van der Waals surface area contributed by atoms with Crippen LogP contribution >= 0.6 is 15.9 Å². The predicted octanol–water partition coefficient (Wildman–Crippen LogP) is 4.89. The lowest BCUT2D eigenvalue weighted by atomic mass is 10.2. The second-order valence-electron chi connectivity index (χ2n) is 7.27. The van der Waals surface area contributed by atoms with Crippen LogP contribution in [0.1, 0.15) is 29.8 Å². The Hall–Kier alpha value is -4.25. The van der Waals surface area contributed by atoms with Crippen molar-refractivity contribution >= 4 is 39.7 Å². The number of halogens is 1. The molecule has 0 spiro atoms. The fourth-order valence-electron chi connectivity index (χ4n) is 2.89. The Balaban J connectivity index is 1.62. The van der Waals surface area contributed by atoms with Crippen LogP contribution in [0, 0.1) is 10.1 Å². The number of hydrogen-bond acceptors (Lipinski definition) is 8. The Bertz CT molecular complexity index is 1260. The third-order valence-corrected chi connectivity index (χ3v) is 5.18. The molecule has 1 amide bonds. The molecule has 11 heteroatoms. The molecule has 0 aliphatic heterocycles. The summed E-state index contributed by atoms with van der Waals surface area (Å²) in [4.78, 5) is 35.1. The van der Waals surface area contributed by atoms with E-state index in [1.807, 2.05) is 6.92 Å². The highest BCUT2D eigenvalue weighted by Gasteiger charge is 2.16. The number of ether oxygens (including phenoxy) is 3. The van der Waals surface area contributed by atoms with E-state index in [-0.39, 0.29) is 11.4 Å². The van der Waals surface area contributed by atoms with Gasteiger partial charge in [-0.3, -0.25) is 14.9 Å². The summed E-state index contributed by atoms with van der Waals surface area (Å²) in [5.74, 6) is 0.0673. The predicted molar refractivity (Wildman–Crippen MR) is 136 cm³/mol. The number of nitrogens with zero attached hydrogens (tertiary/aromatic N) is 2. The van der Waals surface area contributed by atoms with Crippen LogP contribution in [0.3, 0.4) is 0 Å². The minimum atomic E-state index is -0.928. The molecule has 10 nitrogen and oxygen atoms in total.